The van der Waals surface area contributed by atoms with E-state index in [9.17, 15) is 9.59 Å². The van der Waals surface area contributed by atoms with E-state index >= 15 is 0 Å². The summed E-state index contributed by atoms with van der Waals surface area (Å²) in [7, 11) is 0. The Hall–Kier alpha value is -2.68. The van der Waals surface area contributed by atoms with Crippen LogP contribution in [0.5, 0.6) is 5.75 Å². The van der Waals surface area contributed by atoms with Crippen molar-refractivity contribution in [3.8, 4) is 5.75 Å². The Bertz CT molecular complexity index is 1180. The fourth-order valence-electron chi connectivity index (χ4n) is 2.69. The fraction of sp³-hybridized carbons (Fsp3) is 0.105. The van der Waals surface area contributed by atoms with Gasteiger partial charge in [-0.25, -0.2) is 4.98 Å². The van der Waals surface area contributed by atoms with Crippen molar-refractivity contribution in [2.75, 3.05) is 6.61 Å². The summed E-state index contributed by atoms with van der Waals surface area (Å²) in [4.78, 5) is 28.7. The van der Waals surface area contributed by atoms with Gasteiger partial charge in [0.15, 0.2) is 6.61 Å². The maximum atomic E-state index is 12.1. The quantitative estimate of drug-likeness (QED) is 0.472. The van der Waals surface area contributed by atoms with Crippen molar-refractivity contribution < 1.29 is 14.3 Å². The highest BCUT2D eigenvalue weighted by Crippen LogP contribution is 2.38. The largest absolute Gasteiger partial charge is 0.483 e. The number of ether oxygens (including phenoxy) is 1. The zero-order valence-corrected chi connectivity index (χ0v) is 17.0. The Morgan fingerprint density at radius 1 is 1.18 bits per heavy atom. The highest BCUT2D eigenvalue weighted by molar-refractivity contribution is 7.21. The van der Waals surface area contributed by atoms with Crippen LogP contribution in [-0.2, 0) is 4.79 Å². The molecular formula is C19H14ClN3O3S2. The van der Waals surface area contributed by atoms with E-state index in [1.54, 1.807) is 46.9 Å². The molecule has 0 unspecified atom stereocenters. The third-order valence-electron chi connectivity index (χ3n) is 3.95. The van der Waals surface area contributed by atoms with Gasteiger partial charge in [0.05, 0.1) is 19.9 Å². The molecule has 0 aliphatic rings. The predicted molar refractivity (Wildman–Crippen MR) is 112 cm³/mol. The number of aryl methyl sites for hydroxylation is 1. The second kappa shape index (κ2) is 7.75. The van der Waals surface area contributed by atoms with Crippen molar-refractivity contribution in [1.29, 1.82) is 0 Å². The van der Waals surface area contributed by atoms with Crippen LogP contribution in [0.15, 0.2) is 41.8 Å². The normalized spacial score (nSPS) is 10.9. The molecule has 0 aliphatic heterocycles. The Morgan fingerprint density at radius 2 is 1.96 bits per heavy atom. The van der Waals surface area contributed by atoms with Gasteiger partial charge in [0, 0.05) is 22.0 Å². The second-order valence-electron chi connectivity index (χ2n) is 5.92. The van der Waals surface area contributed by atoms with Crippen LogP contribution in [0.3, 0.4) is 0 Å². The molecule has 9 heteroatoms. The first-order chi connectivity index (χ1) is 13.5. The number of carbonyl (C=O) groups is 2. The Kier molecular flexibility index (Phi) is 5.17. The number of rotatable bonds is 4. The van der Waals surface area contributed by atoms with E-state index in [0.717, 1.165) is 25.3 Å². The number of aromatic nitrogens is 1. The fourth-order valence-corrected chi connectivity index (χ4v) is 4.64. The van der Waals surface area contributed by atoms with Crippen LogP contribution in [0.1, 0.15) is 15.4 Å². The SMILES string of the molecule is Cc1nc2c(cc(OCC(=O)NNC(=O)c3ccc(Cl)cc3)c3ccsc32)s1. The molecule has 0 bridgehead atoms. The molecule has 2 amide bonds. The Labute approximate surface area is 173 Å². The van der Waals surface area contributed by atoms with Gasteiger partial charge in [-0.1, -0.05) is 11.6 Å². The van der Waals surface area contributed by atoms with E-state index in [-0.39, 0.29) is 6.61 Å². The van der Waals surface area contributed by atoms with E-state index in [0.29, 0.717) is 16.3 Å². The first-order valence-electron chi connectivity index (χ1n) is 8.26. The maximum absolute atomic E-state index is 12.1. The molecule has 2 aromatic carbocycles. The number of nitrogens with one attached hydrogen (secondary N) is 2. The summed E-state index contributed by atoms with van der Waals surface area (Å²) >= 11 is 8.96. The summed E-state index contributed by atoms with van der Waals surface area (Å²) in [6, 6.07) is 10.2. The zero-order valence-electron chi connectivity index (χ0n) is 14.6. The maximum Gasteiger partial charge on any atom is 0.276 e. The second-order valence-corrected chi connectivity index (χ2v) is 8.50. The lowest BCUT2D eigenvalue weighted by Crippen LogP contribution is -2.43. The summed E-state index contributed by atoms with van der Waals surface area (Å²) in [5.41, 5.74) is 6.04. The number of hydrogen-bond donors (Lipinski definition) is 2. The number of hydrazine groups is 1. The number of hydrogen-bond acceptors (Lipinski definition) is 6. The zero-order chi connectivity index (χ0) is 19.7. The van der Waals surface area contributed by atoms with E-state index in [1.807, 2.05) is 24.4 Å². The lowest BCUT2D eigenvalue weighted by molar-refractivity contribution is -0.123. The van der Waals surface area contributed by atoms with Crippen LogP contribution in [0.2, 0.25) is 5.02 Å². The summed E-state index contributed by atoms with van der Waals surface area (Å²) < 4.78 is 7.76. The number of benzene rings is 2. The van der Waals surface area contributed by atoms with Crippen LogP contribution in [-0.4, -0.2) is 23.4 Å². The van der Waals surface area contributed by atoms with Gasteiger partial charge < -0.3 is 4.74 Å². The number of thiophene rings is 1. The highest BCUT2D eigenvalue weighted by atomic mass is 35.5. The van der Waals surface area contributed by atoms with Crippen LogP contribution < -0.4 is 15.6 Å². The van der Waals surface area contributed by atoms with E-state index in [1.165, 1.54) is 0 Å². The monoisotopic (exact) mass is 431 g/mol. The molecule has 0 spiro atoms. The summed E-state index contributed by atoms with van der Waals surface area (Å²) in [5.74, 6) is -0.287. The average molecular weight is 432 g/mol. The van der Waals surface area contributed by atoms with Crippen molar-refractivity contribution in [2.24, 2.45) is 0 Å². The van der Waals surface area contributed by atoms with E-state index < -0.39 is 11.8 Å². The predicted octanol–water partition coefficient (Wildman–Crippen LogP) is 4.31. The average Bonchev–Trinajstić information content (AvgIpc) is 3.30. The lowest BCUT2D eigenvalue weighted by atomic mass is 10.2. The highest BCUT2D eigenvalue weighted by Gasteiger charge is 2.14. The molecule has 2 N–H and O–H groups in total. The number of nitrogens with zero attached hydrogens (tertiary/aromatic N) is 1. The molecule has 0 saturated carbocycles. The molecule has 6 nitrogen and oxygen atoms in total. The summed E-state index contributed by atoms with van der Waals surface area (Å²) in [5, 5.41) is 4.39. The van der Waals surface area contributed by atoms with Crippen LogP contribution >= 0.6 is 34.3 Å². The first kappa shape index (κ1) is 18.7. The standard InChI is InChI=1S/C19H14ClN3O3S2/c1-10-21-17-15(28-10)8-14(13-6-7-27-18(13)17)26-9-16(24)22-23-19(25)11-2-4-12(20)5-3-11/h2-8H,9H2,1H3,(H,22,24)(H,23,25). The Balaban J connectivity index is 1.41. The molecule has 0 atom stereocenters. The first-order valence-corrected chi connectivity index (χ1v) is 10.3. The molecule has 0 aliphatic carbocycles. The minimum atomic E-state index is -0.466. The minimum absolute atomic E-state index is 0.227. The van der Waals surface area contributed by atoms with E-state index in [4.69, 9.17) is 16.3 Å². The lowest BCUT2D eigenvalue weighted by Gasteiger charge is -2.10. The number of halogens is 1. The molecule has 4 aromatic rings. The van der Waals surface area contributed by atoms with Crippen LogP contribution in [0.4, 0.5) is 0 Å². The molecule has 0 fully saturated rings. The van der Waals surface area contributed by atoms with Gasteiger partial charge in [0.2, 0.25) is 0 Å². The number of thiazole rings is 1. The molecule has 4 rings (SSSR count). The van der Waals surface area contributed by atoms with Gasteiger partial charge in [-0.05, 0) is 42.6 Å². The third kappa shape index (κ3) is 3.80. The van der Waals surface area contributed by atoms with Gasteiger partial charge in [0.25, 0.3) is 11.8 Å². The number of carbonyl (C=O) groups excluding carboxylic acids is 2. The molecular weight excluding hydrogens is 418 g/mol. The molecule has 142 valence electrons. The van der Waals surface area contributed by atoms with Crippen molar-refractivity contribution in [3.05, 3.63) is 57.4 Å². The number of fused-ring (bicyclic) bond motifs is 3. The van der Waals surface area contributed by atoms with Gasteiger partial charge in [-0.15, -0.1) is 22.7 Å². The van der Waals surface area contributed by atoms with Gasteiger partial charge in [-0.2, -0.15) is 0 Å². The Morgan fingerprint density at radius 3 is 2.75 bits per heavy atom. The van der Waals surface area contributed by atoms with Gasteiger partial charge in [-0.3, -0.25) is 20.4 Å². The van der Waals surface area contributed by atoms with Crippen molar-refractivity contribution in [1.82, 2.24) is 15.8 Å². The number of amides is 2. The molecule has 0 saturated heterocycles. The van der Waals surface area contributed by atoms with Crippen LogP contribution in [0.25, 0.3) is 20.3 Å². The minimum Gasteiger partial charge on any atom is -0.483 e. The van der Waals surface area contributed by atoms with E-state index in [2.05, 4.69) is 15.8 Å². The molecule has 2 heterocycles. The van der Waals surface area contributed by atoms with Crippen LogP contribution in [0, 0.1) is 6.92 Å². The summed E-state index contributed by atoms with van der Waals surface area (Å²) in [6.07, 6.45) is 0. The smallest absolute Gasteiger partial charge is 0.276 e. The van der Waals surface area contributed by atoms with Gasteiger partial charge in [0.1, 0.15) is 5.75 Å². The topological polar surface area (TPSA) is 80.3 Å². The third-order valence-corrected chi connectivity index (χ3v) is 6.04. The summed E-state index contributed by atoms with van der Waals surface area (Å²) in [6.45, 7) is 1.73. The van der Waals surface area contributed by atoms with Crippen molar-refractivity contribution in [2.45, 2.75) is 6.92 Å². The van der Waals surface area contributed by atoms with Crippen molar-refractivity contribution in [3.63, 3.8) is 0 Å². The molecule has 0 radical (unpaired) electrons. The molecule has 28 heavy (non-hydrogen) atoms. The van der Waals surface area contributed by atoms with Gasteiger partial charge >= 0.3 is 0 Å². The van der Waals surface area contributed by atoms with Crippen molar-refractivity contribution >= 4 is 66.4 Å². The molecule has 2 aromatic heterocycles.